The summed E-state index contributed by atoms with van der Waals surface area (Å²) in [5, 5.41) is 7.52. The van der Waals surface area contributed by atoms with Crippen LogP contribution in [0.2, 0.25) is 5.02 Å². The normalized spacial score (nSPS) is 11.8. The number of nitrogens with one attached hydrogen (secondary N) is 1. The van der Waals surface area contributed by atoms with Gasteiger partial charge < -0.3 is 4.74 Å². The molecule has 0 saturated heterocycles. The van der Waals surface area contributed by atoms with Crippen molar-refractivity contribution in [2.45, 2.75) is 5.16 Å². The van der Waals surface area contributed by atoms with Crippen molar-refractivity contribution in [1.82, 2.24) is 29.4 Å². The first-order valence-electron chi connectivity index (χ1n) is 5.99. The van der Waals surface area contributed by atoms with Gasteiger partial charge >= 0.3 is 16.0 Å². The molecule has 3 aromatic rings. The van der Waals surface area contributed by atoms with Crippen molar-refractivity contribution in [2.75, 3.05) is 11.8 Å². The lowest BCUT2D eigenvalue weighted by Gasteiger charge is -2.01. The van der Waals surface area contributed by atoms with Gasteiger partial charge in [-0.1, -0.05) is 11.6 Å². The van der Waals surface area contributed by atoms with Crippen LogP contribution in [0, 0.1) is 0 Å². The summed E-state index contributed by atoms with van der Waals surface area (Å²) < 4.78 is 35.2. The molecule has 0 saturated carbocycles. The highest BCUT2D eigenvalue weighted by molar-refractivity contribution is 9.10. The largest absolute Gasteiger partial charge is 0.467 e. The second-order valence-electron chi connectivity index (χ2n) is 4.33. The highest BCUT2D eigenvalue weighted by Crippen LogP contribution is 2.24. The van der Waals surface area contributed by atoms with Gasteiger partial charge in [-0.15, -0.1) is 5.10 Å². The molecule has 3 heterocycles. The van der Waals surface area contributed by atoms with Crippen LogP contribution >= 0.6 is 27.5 Å². The van der Waals surface area contributed by atoms with Crippen molar-refractivity contribution in [3.05, 3.63) is 21.9 Å². The third-order valence-electron chi connectivity index (χ3n) is 2.71. The minimum Gasteiger partial charge on any atom is -0.467 e. The van der Waals surface area contributed by atoms with Crippen molar-refractivity contribution < 1.29 is 13.2 Å². The van der Waals surface area contributed by atoms with Crippen LogP contribution in [-0.2, 0) is 17.1 Å². The number of fused-ring (bicyclic) bond motifs is 1. The fourth-order valence-corrected chi connectivity index (χ4v) is 3.43. The summed E-state index contributed by atoms with van der Waals surface area (Å²) in [6, 6.07) is 0.0531. The van der Waals surface area contributed by atoms with Crippen LogP contribution < -0.4 is 9.46 Å². The summed E-state index contributed by atoms with van der Waals surface area (Å²) in [4.78, 5) is 7.81. The number of hydrogen-bond donors (Lipinski definition) is 1. The molecule has 13 heteroatoms. The van der Waals surface area contributed by atoms with Gasteiger partial charge in [-0.3, -0.25) is 9.40 Å². The molecule has 10 nitrogen and oxygen atoms in total. The maximum Gasteiger partial charge on any atom is 0.319 e. The van der Waals surface area contributed by atoms with E-state index < -0.39 is 15.2 Å². The van der Waals surface area contributed by atoms with Crippen LogP contribution in [0.5, 0.6) is 6.01 Å². The molecule has 1 N–H and O–H groups in total. The van der Waals surface area contributed by atoms with Crippen LogP contribution in [0.25, 0.3) is 5.65 Å². The number of sulfonamides is 1. The first kappa shape index (κ1) is 16.0. The lowest BCUT2D eigenvalue weighted by Crippen LogP contribution is -2.15. The third kappa shape index (κ3) is 2.84. The Bertz CT molecular complexity index is 999. The molecule has 0 amide bonds. The fraction of sp³-hybridized carbons (Fsp3) is 0.200. The molecule has 0 unspecified atom stereocenters. The SMILES string of the molecule is COc1ncc(Cl)c2nc(S(=O)(=O)Nc3nn(C)cc3Br)nn12. The summed E-state index contributed by atoms with van der Waals surface area (Å²) in [6.07, 6.45) is 2.89. The number of aryl methyl sites for hydroxylation is 1. The Balaban J connectivity index is 2.08. The fourth-order valence-electron chi connectivity index (χ4n) is 1.76. The summed E-state index contributed by atoms with van der Waals surface area (Å²) in [5.74, 6) is 0.113. The average molecular weight is 423 g/mol. The number of aromatic nitrogens is 6. The molecule has 0 aliphatic carbocycles. The van der Waals surface area contributed by atoms with Gasteiger partial charge in [0, 0.05) is 13.2 Å². The minimum atomic E-state index is -4.07. The second kappa shape index (κ2) is 5.62. The zero-order valence-corrected chi connectivity index (χ0v) is 14.9. The predicted octanol–water partition coefficient (Wildman–Crippen LogP) is 1.08. The summed E-state index contributed by atoms with van der Waals surface area (Å²) in [7, 11) is -1.04. The first-order chi connectivity index (χ1) is 10.8. The lowest BCUT2D eigenvalue weighted by atomic mass is 10.6. The Hall–Kier alpha value is -1.92. The zero-order valence-electron chi connectivity index (χ0n) is 11.7. The van der Waals surface area contributed by atoms with Gasteiger partial charge in [0.05, 0.1) is 17.8 Å². The number of methoxy groups -OCH3 is 1. The molecular formula is C10H9BrClN7O3S. The van der Waals surface area contributed by atoms with Crippen LogP contribution in [0.3, 0.4) is 0 Å². The van der Waals surface area contributed by atoms with E-state index in [2.05, 4.69) is 40.8 Å². The Morgan fingerprint density at radius 1 is 1.39 bits per heavy atom. The number of hydrogen-bond acceptors (Lipinski definition) is 7. The maximum absolute atomic E-state index is 12.4. The molecule has 0 atom stereocenters. The van der Waals surface area contributed by atoms with Crippen LogP contribution in [0.1, 0.15) is 0 Å². The predicted molar refractivity (Wildman–Crippen MR) is 84.1 cm³/mol. The number of rotatable bonds is 4. The highest BCUT2D eigenvalue weighted by atomic mass is 79.9. The maximum atomic E-state index is 12.4. The van der Waals surface area contributed by atoms with Crippen molar-refractivity contribution in [3.63, 3.8) is 0 Å². The zero-order chi connectivity index (χ0) is 16.8. The monoisotopic (exact) mass is 421 g/mol. The van der Waals surface area contributed by atoms with Crippen LogP contribution in [0.4, 0.5) is 5.82 Å². The van der Waals surface area contributed by atoms with E-state index in [-0.39, 0.29) is 22.5 Å². The van der Waals surface area contributed by atoms with E-state index in [1.165, 1.54) is 18.0 Å². The molecule has 0 spiro atoms. The Morgan fingerprint density at radius 2 is 2.13 bits per heavy atom. The summed E-state index contributed by atoms with van der Waals surface area (Å²) in [6.45, 7) is 0. The quantitative estimate of drug-likeness (QED) is 0.668. The third-order valence-corrected chi connectivity index (χ3v) is 4.67. The van der Waals surface area contributed by atoms with E-state index in [1.54, 1.807) is 13.2 Å². The molecule has 0 aromatic carbocycles. The van der Waals surface area contributed by atoms with Crippen molar-refractivity contribution >= 4 is 49.0 Å². The van der Waals surface area contributed by atoms with E-state index in [1.807, 2.05) is 0 Å². The van der Waals surface area contributed by atoms with E-state index in [9.17, 15) is 8.42 Å². The molecule has 0 aliphatic heterocycles. The summed E-state index contributed by atoms with van der Waals surface area (Å²) in [5.41, 5.74) is 0.110. The molecule has 0 bridgehead atoms. The van der Waals surface area contributed by atoms with E-state index in [0.29, 0.717) is 4.47 Å². The Kier molecular flexibility index (Phi) is 3.90. The van der Waals surface area contributed by atoms with Crippen molar-refractivity contribution in [1.29, 1.82) is 0 Å². The molecule has 23 heavy (non-hydrogen) atoms. The van der Waals surface area contributed by atoms with E-state index >= 15 is 0 Å². The van der Waals surface area contributed by atoms with Gasteiger partial charge in [0.25, 0.3) is 5.16 Å². The molecule has 0 radical (unpaired) electrons. The average Bonchev–Trinajstić information content (AvgIpc) is 3.05. The van der Waals surface area contributed by atoms with E-state index in [0.717, 1.165) is 4.52 Å². The van der Waals surface area contributed by atoms with Crippen LogP contribution in [0.15, 0.2) is 22.0 Å². The molecule has 122 valence electrons. The standard InChI is InChI=1S/C10H9BrClN7O3S/c1-18-4-5(11)7(15-18)17-23(20,21)9-14-8-6(12)3-13-10(22-2)19(8)16-9/h3-4H,1-2H3,(H,15,17). The van der Waals surface area contributed by atoms with Crippen molar-refractivity contribution in [2.24, 2.45) is 7.05 Å². The van der Waals surface area contributed by atoms with Crippen molar-refractivity contribution in [3.8, 4) is 6.01 Å². The topological polar surface area (TPSA) is 116 Å². The summed E-state index contributed by atoms with van der Waals surface area (Å²) >= 11 is 9.16. The molecule has 0 fully saturated rings. The smallest absolute Gasteiger partial charge is 0.319 e. The number of nitrogens with zero attached hydrogens (tertiary/aromatic N) is 6. The van der Waals surface area contributed by atoms with Crippen LogP contribution in [-0.4, -0.2) is 44.9 Å². The second-order valence-corrected chi connectivity index (χ2v) is 7.17. The number of anilines is 1. The Labute approximate surface area is 143 Å². The van der Waals surface area contributed by atoms with E-state index in [4.69, 9.17) is 16.3 Å². The molecule has 0 aliphatic rings. The first-order valence-corrected chi connectivity index (χ1v) is 8.64. The number of ether oxygens (including phenoxy) is 1. The molecule has 3 rings (SSSR count). The van der Waals surface area contributed by atoms with Gasteiger partial charge in [-0.25, -0.2) is 4.98 Å². The van der Waals surface area contributed by atoms with Gasteiger partial charge in [0.1, 0.15) is 5.02 Å². The van der Waals surface area contributed by atoms with Gasteiger partial charge in [-0.2, -0.15) is 23.0 Å². The Morgan fingerprint density at radius 3 is 2.74 bits per heavy atom. The molecule has 3 aromatic heterocycles. The van der Waals surface area contributed by atoms with Gasteiger partial charge in [0.2, 0.25) is 0 Å². The van der Waals surface area contributed by atoms with Gasteiger partial charge in [-0.05, 0) is 15.9 Å². The highest BCUT2D eigenvalue weighted by Gasteiger charge is 2.25. The van der Waals surface area contributed by atoms with Gasteiger partial charge in [0.15, 0.2) is 11.5 Å². The lowest BCUT2D eigenvalue weighted by molar-refractivity contribution is 0.366. The number of halogens is 2. The minimum absolute atomic E-state index is 0.0531. The molecular weight excluding hydrogens is 414 g/mol.